The molecule has 0 aliphatic rings. The fourth-order valence-electron chi connectivity index (χ4n) is 1.73. The number of hydrogen-bond acceptors (Lipinski definition) is 2. The molecular weight excluding hydrogens is 255 g/mol. The van der Waals surface area contributed by atoms with Crippen LogP contribution in [-0.2, 0) is 0 Å². The molecule has 100 valence electrons. The minimum Gasteiger partial charge on any atom is -0.454 e. The van der Waals surface area contributed by atoms with Crippen molar-refractivity contribution >= 4 is 0 Å². The second-order valence-electron chi connectivity index (χ2n) is 4.09. The molecule has 0 saturated carbocycles. The van der Waals surface area contributed by atoms with Crippen molar-refractivity contribution in [2.45, 2.75) is 13.0 Å². The van der Waals surface area contributed by atoms with Crippen molar-refractivity contribution in [3.05, 3.63) is 59.4 Å². The van der Waals surface area contributed by atoms with Crippen LogP contribution in [0.3, 0.4) is 0 Å². The molecule has 0 aromatic heterocycles. The predicted octanol–water partition coefficient (Wildman–Crippen LogP) is 3.92. The van der Waals surface area contributed by atoms with Crippen molar-refractivity contribution in [1.82, 2.24) is 0 Å². The molecular formula is C14H12F3NO. The second-order valence-corrected chi connectivity index (χ2v) is 4.09. The molecule has 0 heterocycles. The van der Waals surface area contributed by atoms with Crippen LogP contribution in [0.4, 0.5) is 13.2 Å². The Kier molecular flexibility index (Phi) is 3.76. The standard InChI is InChI=1S/C14H12F3NO/c1-8(18)13-9(15)4-2-6-11(13)19-12-7-3-5-10(16)14(12)17/h2-8H,18H2,1H3/t8-/m1/s1. The summed E-state index contributed by atoms with van der Waals surface area (Å²) in [5.74, 6) is -2.95. The zero-order valence-corrected chi connectivity index (χ0v) is 10.2. The lowest BCUT2D eigenvalue weighted by Gasteiger charge is -2.14. The Morgan fingerprint density at radius 1 is 0.947 bits per heavy atom. The van der Waals surface area contributed by atoms with E-state index in [4.69, 9.17) is 10.5 Å². The highest BCUT2D eigenvalue weighted by atomic mass is 19.2. The molecule has 19 heavy (non-hydrogen) atoms. The van der Waals surface area contributed by atoms with Gasteiger partial charge in [-0.15, -0.1) is 0 Å². The summed E-state index contributed by atoms with van der Waals surface area (Å²) in [6.07, 6.45) is 0. The summed E-state index contributed by atoms with van der Waals surface area (Å²) in [6.45, 7) is 1.58. The van der Waals surface area contributed by atoms with E-state index in [0.717, 1.165) is 6.07 Å². The maximum atomic E-state index is 13.7. The summed E-state index contributed by atoms with van der Waals surface area (Å²) in [4.78, 5) is 0. The smallest absolute Gasteiger partial charge is 0.201 e. The topological polar surface area (TPSA) is 35.2 Å². The van der Waals surface area contributed by atoms with E-state index in [-0.39, 0.29) is 17.1 Å². The van der Waals surface area contributed by atoms with Gasteiger partial charge in [0.25, 0.3) is 0 Å². The van der Waals surface area contributed by atoms with Crippen LogP contribution in [-0.4, -0.2) is 0 Å². The van der Waals surface area contributed by atoms with Gasteiger partial charge in [-0.3, -0.25) is 0 Å². The largest absolute Gasteiger partial charge is 0.454 e. The van der Waals surface area contributed by atoms with Gasteiger partial charge in [0.2, 0.25) is 5.82 Å². The van der Waals surface area contributed by atoms with Crippen LogP contribution < -0.4 is 10.5 Å². The highest BCUT2D eigenvalue weighted by Gasteiger charge is 2.16. The van der Waals surface area contributed by atoms with E-state index >= 15 is 0 Å². The zero-order valence-electron chi connectivity index (χ0n) is 10.2. The van der Waals surface area contributed by atoms with Crippen LogP contribution in [0.2, 0.25) is 0 Å². The molecule has 0 radical (unpaired) electrons. The number of rotatable bonds is 3. The number of benzene rings is 2. The van der Waals surface area contributed by atoms with Gasteiger partial charge in [-0.05, 0) is 31.2 Å². The highest BCUT2D eigenvalue weighted by Crippen LogP contribution is 2.32. The molecule has 2 N–H and O–H groups in total. The molecule has 0 bridgehead atoms. The lowest BCUT2D eigenvalue weighted by atomic mass is 10.1. The number of hydrogen-bond donors (Lipinski definition) is 1. The fraction of sp³-hybridized carbons (Fsp3) is 0.143. The van der Waals surface area contributed by atoms with Gasteiger partial charge in [-0.25, -0.2) is 8.78 Å². The third-order valence-electron chi connectivity index (χ3n) is 2.60. The minimum atomic E-state index is -1.12. The van der Waals surface area contributed by atoms with E-state index in [9.17, 15) is 13.2 Å². The van der Waals surface area contributed by atoms with Crippen molar-refractivity contribution in [1.29, 1.82) is 0 Å². The van der Waals surface area contributed by atoms with Crippen LogP contribution in [0.5, 0.6) is 11.5 Å². The van der Waals surface area contributed by atoms with E-state index in [1.54, 1.807) is 6.92 Å². The maximum Gasteiger partial charge on any atom is 0.201 e. The lowest BCUT2D eigenvalue weighted by Crippen LogP contribution is -2.09. The third-order valence-corrected chi connectivity index (χ3v) is 2.60. The molecule has 2 rings (SSSR count). The molecule has 5 heteroatoms. The van der Waals surface area contributed by atoms with Crippen LogP contribution >= 0.6 is 0 Å². The van der Waals surface area contributed by atoms with Gasteiger partial charge in [0.15, 0.2) is 11.6 Å². The van der Waals surface area contributed by atoms with Gasteiger partial charge >= 0.3 is 0 Å². The summed E-state index contributed by atoms with van der Waals surface area (Å²) in [6, 6.07) is 6.99. The summed E-state index contributed by atoms with van der Waals surface area (Å²) >= 11 is 0. The molecule has 0 fully saturated rings. The average molecular weight is 267 g/mol. The van der Waals surface area contributed by atoms with Crippen molar-refractivity contribution in [2.75, 3.05) is 0 Å². The van der Waals surface area contributed by atoms with Gasteiger partial charge in [0.05, 0.1) is 0 Å². The van der Waals surface area contributed by atoms with Crippen LogP contribution in [0.25, 0.3) is 0 Å². The van der Waals surface area contributed by atoms with E-state index in [0.29, 0.717) is 0 Å². The monoisotopic (exact) mass is 267 g/mol. The molecule has 1 atom stereocenters. The number of halogens is 3. The summed E-state index contributed by atoms with van der Waals surface area (Å²) in [7, 11) is 0. The fourth-order valence-corrected chi connectivity index (χ4v) is 1.73. The number of nitrogens with two attached hydrogens (primary N) is 1. The molecule has 2 aromatic rings. The van der Waals surface area contributed by atoms with Crippen molar-refractivity contribution in [2.24, 2.45) is 5.73 Å². The van der Waals surface area contributed by atoms with Crippen molar-refractivity contribution < 1.29 is 17.9 Å². The highest BCUT2D eigenvalue weighted by molar-refractivity contribution is 5.40. The molecule has 0 amide bonds. The first-order valence-corrected chi connectivity index (χ1v) is 5.66. The molecule has 2 aromatic carbocycles. The SMILES string of the molecule is C[C@@H](N)c1c(F)cccc1Oc1cccc(F)c1F. The van der Waals surface area contributed by atoms with Crippen LogP contribution in [0.15, 0.2) is 36.4 Å². The van der Waals surface area contributed by atoms with Gasteiger partial charge in [-0.1, -0.05) is 12.1 Å². The van der Waals surface area contributed by atoms with Gasteiger partial charge in [-0.2, -0.15) is 4.39 Å². The summed E-state index contributed by atoms with van der Waals surface area (Å²) < 4.78 is 45.4. The Morgan fingerprint density at radius 2 is 1.53 bits per heavy atom. The molecule has 0 aliphatic carbocycles. The zero-order chi connectivity index (χ0) is 14.0. The molecule has 0 unspecified atom stereocenters. The molecule has 0 aliphatic heterocycles. The molecule has 0 saturated heterocycles. The third kappa shape index (κ3) is 2.71. The van der Waals surface area contributed by atoms with E-state index in [1.807, 2.05) is 0 Å². The molecule has 2 nitrogen and oxygen atoms in total. The Labute approximate surface area is 108 Å². The van der Waals surface area contributed by atoms with E-state index < -0.39 is 23.5 Å². The van der Waals surface area contributed by atoms with E-state index in [1.165, 1.54) is 30.3 Å². The Morgan fingerprint density at radius 3 is 2.16 bits per heavy atom. The first kappa shape index (κ1) is 13.4. The quantitative estimate of drug-likeness (QED) is 0.914. The van der Waals surface area contributed by atoms with Gasteiger partial charge in [0.1, 0.15) is 11.6 Å². The lowest BCUT2D eigenvalue weighted by molar-refractivity contribution is 0.407. The van der Waals surface area contributed by atoms with Crippen LogP contribution in [0, 0.1) is 17.5 Å². The Bertz CT molecular complexity index is 599. The summed E-state index contributed by atoms with van der Waals surface area (Å²) in [5.41, 5.74) is 5.77. The van der Waals surface area contributed by atoms with Crippen molar-refractivity contribution in [3.8, 4) is 11.5 Å². The maximum absolute atomic E-state index is 13.7. The number of ether oxygens (including phenoxy) is 1. The normalized spacial score (nSPS) is 12.3. The van der Waals surface area contributed by atoms with Gasteiger partial charge < -0.3 is 10.5 Å². The molecule has 0 spiro atoms. The first-order valence-electron chi connectivity index (χ1n) is 5.66. The minimum absolute atomic E-state index is 0.0690. The Balaban J connectivity index is 2.44. The van der Waals surface area contributed by atoms with Gasteiger partial charge in [0, 0.05) is 11.6 Å². The van der Waals surface area contributed by atoms with Crippen LogP contribution in [0.1, 0.15) is 18.5 Å². The average Bonchev–Trinajstić information content (AvgIpc) is 2.34. The first-order chi connectivity index (χ1) is 9.00. The van der Waals surface area contributed by atoms with E-state index in [2.05, 4.69) is 0 Å². The second kappa shape index (κ2) is 5.32. The van der Waals surface area contributed by atoms with Crippen molar-refractivity contribution in [3.63, 3.8) is 0 Å². The predicted molar refractivity (Wildman–Crippen MR) is 65.4 cm³/mol. The summed E-state index contributed by atoms with van der Waals surface area (Å²) in [5, 5.41) is 0. The Hall–Kier alpha value is -2.01.